The van der Waals surface area contributed by atoms with E-state index in [0.29, 0.717) is 23.6 Å². The van der Waals surface area contributed by atoms with E-state index in [1.807, 2.05) is 7.05 Å². The SMILES string of the molecule is CNCCCNC(=O)c1cc(OC)ccc1OC. The summed E-state index contributed by atoms with van der Waals surface area (Å²) in [7, 11) is 4.99. The summed E-state index contributed by atoms with van der Waals surface area (Å²) >= 11 is 0. The summed E-state index contributed by atoms with van der Waals surface area (Å²) in [5.41, 5.74) is 0.487. The van der Waals surface area contributed by atoms with E-state index in [4.69, 9.17) is 9.47 Å². The van der Waals surface area contributed by atoms with Gasteiger partial charge in [0.25, 0.3) is 5.91 Å². The van der Waals surface area contributed by atoms with Crippen molar-refractivity contribution in [2.45, 2.75) is 6.42 Å². The standard InChI is InChI=1S/C13H20N2O3/c1-14-7-4-8-15-13(16)11-9-10(17-2)5-6-12(11)18-3/h5-6,9,14H,4,7-8H2,1-3H3,(H,15,16). The van der Waals surface area contributed by atoms with Crippen molar-refractivity contribution in [2.24, 2.45) is 0 Å². The topological polar surface area (TPSA) is 59.6 Å². The highest BCUT2D eigenvalue weighted by Gasteiger charge is 2.12. The van der Waals surface area contributed by atoms with Crippen molar-refractivity contribution in [2.75, 3.05) is 34.4 Å². The lowest BCUT2D eigenvalue weighted by Crippen LogP contribution is -2.27. The van der Waals surface area contributed by atoms with Crippen molar-refractivity contribution >= 4 is 5.91 Å². The molecule has 0 bridgehead atoms. The zero-order valence-corrected chi connectivity index (χ0v) is 11.1. The van der Waals surface area contributed by atoms with Crippen LogP contribution in [0.15, 0.2) is 18.2 Å². The lowest BCUT2D eigenvalue weighted by Gasteiger charge is -2.10. The third kappa shape index (κ3) is 3.92. The lowest BCUT2D eigenvalue weighted by atomic mass is 10.1. The van der Waals surface area contributed by atoms with E-state index in [1.165, 1.54) is 0 Å². The van der Waals surface area contributed by atoms with Crippen LogP contribution in [0.2, 0.25) is 0 Å². The molecule has 2 N–H and O–H groups in total. The van der Waals surface area contributed by atoms with Crippen LogP contribution in [-0.2, 0) is 0 Å². The van der Waals surface area contributed by atoms with Crippen LogP contribution >= 0.6 is 0 Å². The molecule has 1 aromatic carbocycles. The minimum Gasteiger partial charge on any atom is -0.497 e. The molecule has 1 amide bonds. The first-order valence-electron chi connectivity index (χ1n) is 5.87. The van der Waals surface area contributed by atoms with Gasteiger partial charge in [0, 0.05) is 6.54 Å². The molecule has 0 aliphatic carbocycles. The average molecular weight is 252 g/mol. The van der Waals surface area contributed by atoms with Crippen molar-refractivity contribution in [3.63, 3.8) is 0 Å². The van der Waals surface area contributed by atoms with Crippen molar-refractivity contribution in [3.8, 4) is 11.5 Å². The summed E-state index contributed by atoms with van der Waals surface area (Å²) in [4.78, 5) is 12.0. The third-order valence-electron chi connectivity index (χ3n) is 2.54. The Bertz CT molecular complexity index is 394. The molecule has 0 saturated heterocycles. The molecule has 0 saturated carbocycles. The first kappa shape index (κ1) is 14.3. The molecule has 0 aromatic heterocycles. The Kier molecular flexibility index (Phi) is 6.00. The second kappa shape index (κ2) is 7.55. The van der Waals surface area contributed by atoms with Gasteiger partial charge in [0.15, 0.2) is 0 Å². The number of hydrogen-bond acceptors (Lipinski definition) is 4. The van der Waals surface area contributed by atoms with E-state index in [2.05, 4.69) is 10.6 Å². The van der Waals surface area contributed by atoms with Crippen molar-refractivity contribution in [1.29, 1.82) is 0 Å². The van der Waals surface area contributed by atoms with Crippen molar-refractivity contribution in [1.82, 2.24) is 10.6 Å². The number of carbonyl (C=O) groups excluding carboxylic acids is 1. The average Bonchev–Trinajstić information content (AvgIpc) is 2.42. The van der Waals surface area contributed by atoms with E-state index in [9.17, 15) is 4.79 Å². The summed E-state index contributed by atoms with van der Waals surface area (Å²) in [6.45, 7) is 1.50. The molecule has 0 aliphatic heterocycles. The van der Waals surface area contributed by atoms with E-state index in [1.54, 1.807) is 32.4 Å². The second-order valence-corrected chi connectivity index (χ2v) is 3.78. The van der Waals surface area contributed by atoms with Gasteiger partial charge in [-0.25, -0.2) is 0 Å². The summed E-state index contributed by atoms with van der Waals surface area (Å²) in [6, 6.07) is 5.16. The van der Waals surface area contributed by atoms with Crippen molar-refractivity contribution in [3.05, 3.63) is 23.8 Å². The fraction of sp³-hybridized carbons (Fsp3) is 0.462. The van der Waals surface area contributed by atoms with Gasteiger partial charge in [-0.3, -0.25) is 4.79 Å². The summed E-state index contributed by atoms with van der Waals surface area (Å²) in [5, 5.41) is 5.87. The Balaban J connectivity index is 2.70. The number of amides is 1. The number of rotatable bonds is 7. The molecule has 0 fully saturated rings. The molecule has 1 aromatic rings. The predicted molar refractivity (Wildman–Crippen MR) is 70.4 cm³/mol. The quantitative estimate of drug-likeness (QED) is 0.712. The lowest BCUT2D eigenvalue weighted by molar-refractivity contribution is 0.0950. The maximum atomic E-state index is 12.0. The number of nitrogens with one attached hydrogen (secondary N) is 2. The summed E-state index contributed by atoms with van der Waals surface area (Å²) in [5.74, 6) is 1.03. The van der Waals surface area contributed by atoms with Gasteiger partial charge in [-0.05, 0) is 38.2 Å². The zero-order chi connectivity index (χ0) is 13.4. The summed E-state index contributed by atoms with van der Waals surface area (Å²) < 4.78 is 10.3. The van der Waals surface area contributed by atoms with Crippen LogP contribution in [0.3, 0.4) is 0 Å². The molecule has 0 atom stereocenters. The van der Waals surface area contributed by atoms with Crippen LogP contribution < -0.4 is 20.1 Å². The zero-order valence-electron chi connectivity index (χ0n) is 11.1. The van der Waals surface area contributed by atoms with Gasteiger partial charge in [-0.2, -0.15) is 0 Å². The smallest absolute Gasteiger partial charge is 0.255 e. The molecule has 0 heterocycles. The maximum Gasteiger partial charge on any atom is 0.255 e. The normalized spacial score (nSPS) is 9.94. The van der Waals surface area contributed by atoms with Crippen LogP contribution in [0.1, 0.15) is 16.8 Å². The number of hydrogen-bond donors (Lipinski definition) is 2. The van der Waals surface area contributed by atoms with Gasteiger partial charge in [-0.1, -0.05) is 0 Å². The highest BCUT2D eigenvalue weighted by molar-refractivity contribution is 5.97. The van der Waals surface area contributed by atoms with E-state index in [0.717, 1.165) is 13.0 Å². The number of ether oxygens (including phenoxy) is 2. The highest BCUT2D eigenvalue weighted by atomic mass is 16.5. The first-order valence-corrected chi connectivity index (χ1v) is 5.87. The van der Waals surface area contributed by atoms with Crippen LogP contribution in [0.4, 0.5) is 0 Å². The van der Waals surface area contributed by atoms with Crippen molar-refractivity contribution < 1.29 is 14.3 Å². The number of benzene rings is 1. The highest BCUT2D eigenvalue weighted by Crippen LogP contribution is 2.23. The molecular weight excluding hydrogens is 232 g/mol. The van der Waals surface area contributed by atoms with Gasteiger partial charge in [-0.15, -0.1) is 0 Å². The molecule has 0 spiro atoms. The molecule has 0 aliphatic rings. The Morgan fingerprint density at radius 1 is 1.22 bits per heavy atom. The molecule has 0 radical (unpaired) electrons. The van der Waals surface area contributed by atoms with Gasteiger partial charge in [0.2, 0.25) is 0 Å². The fourth-order valence-electron chi connectivity index (χ4n) is 1.55. The van der Waals surface area contributed by atoms with E-state index in [-0.39, 0.29) is 5.91 Å². The monoisotopic (exact) mass is 252 g/mol. The largest absolute Gasteiger partial charge is 0.497 e. The van der Waals surface area contributed by atoms with Gasteiger partial charge in [0.05, 0.1) is 19.8 Å². The molecular formula is C13H20N2O3. The van der Waals surface area contributed by atoms with E-state index >= 15 is 0 Å². The Morgan fingerprint density at radius 3 is 2.61 bits per heavy atom. The molecule has 0 unspecified atom stereocenters. The fourth-order valence-corrected chi connectivity index (χ4v) is 1.55. The molecule has 1 rings (SSSR count). The second-order valence-electron chi connectivity index (χ2n) is 3.78. The minimum absolute atomic E-state index is 0.151. The Labute approximate surface area is 107 Å². The number of methoxy groups -OCH3 is 2. The maximum absolute atomic E-state index is 12.0. The predicted octanol–water partition coefficient (Wildman–Crippen LogP) is 1.04. The molecule has 5 nitrogen and oxygen atoms in total. The Hall–Kier alpha value is -1.75. The minimum atomic E-state index is -0.151. The van der Waals surface area contributed by atoms with Gasteiger partial charge < -0.3 is 20.1 Å². The van der Waals surface area contributed by atoms with Gasteiger partial charge >= 0.3 is 0 Å². The first-order chi connectivity index (χ1) is 8.72. The molecule has 18 heavy (non-hydrogen) atoms. The van der Waals surface area contributed by atoms with Crippen LogP contribution in [0, 0.1) is 0 Å². The summed E-state index contributed by atoms with van der Waals surface area (Å²) in [6.07, 6.45) is 0.883. The molecule has 5 heteroatoms. The van der Waals surface area contributed by atoms with Gasteiger partial charge in [0.1, 0.15) is 11.5 Å². The number of carbonyl (C=O) groups is 1. The van der Waals surface area contributed by atoms with E-state index < -0.39 is 0 Å². The molecule has 100 valence electrons. The van der Waals surface area contributed by atoms with Crippen LogP contribution in [0.25, 0.3) is 0 Å². The van der Waals surface area contributed by atoms with Crippen LogP contribution in [-0.4, -0.2) is 40.3 Å². The third-order valence-corrected chi connectivity index (χ3v) is 2.54. The van der Waals surface area contributed by atoms with Crippen LogP contribution in [0.5, 0.6) is 11.5 Å². The Morgan fingerprint density at radius 2 is 2.00 bits per heavy atom.